The first kappa shape index (κ1) is 10.0. The van der Waals surface area contributed by atoms with Gasteiger partial charge in [-0.2, -0.15) is 9.78 Å². The van der Waals surface area contributed by atoms with Gasteiger partial charge in [-0.05, 0) is 23.6 Å². The molecular formula is C12H10N4S. The number of fused-ring (bicyclic) bond motifs is 1. The Labute approximate surface area is 102 Å². The van der Waals surface area contributed by atoms with Crippen molar-refractivity contribution in [2.24, 2.45) is 5.10 Å². The molecule has 3 aromatic rings. The van der Waals surface area contributed by atoms with Crippen molar-refractivity contribution < 1.29 is 0 Å². The highest BCUT2D eigenvalue weighted by atomic mass is 32.1. The number of hydrogen-bond donors (Lipinski definition) is 1. The van der Waals surface area contributed by atoms with Crippen LogP contribution in [0.1, 0.15) is 4.88 Å². The van der Waals surface area contributed by atoms with Gasteiger partial charge in [-0.25, -0.2) is 4.98 Å². The number of benzene rings is 1. The normalized spacial score (nSPS) is 11.5. The minimum absolute atomic E-state index is 0.402. The molecule has 84 valence electrons. The summed E-state index contributed by atoms with van der Waals surface area (Å²) >= 11 is 1.63. The average Bonchev–Trinajstić information content (AvgIpc) is 2.93. The minimum atomic E-state index is 0.402. The van der Waals surface area contributed by atoms with Gasteiger partial charge in [0.25, 0.3) is 0 Å². The molecule has 0 saturated carbocycles. The molecular weight excluding hydrogens is 232 g/mol. The van der Waals surface area contributed by atoms with Crippen LogP contribution in [0.5, 0.6) is 0 Å². The maximum absolute atomic E-state index is 5.83. The van der Waals surface area contributed by atoms with E-state index in [1.165, 1.54) is 0 Å². The summed E-state index contributed by atoms with van der Waals surface area (Å²) in [4.78, 5) is 5.33. The number of rotatable bonds is 2. The lowest BCUT2D eigenvalue weighted by atomic mass is 10.3. The fraction of sp³-hybridized carbons (Fsp3) is 0. The molecule has 0 aliphatic carbocycles. The molecule has 0 aliphatic heterocycles. The summed E-state index contributed by atoms with van der Waals surface area (Å²) in [6.45, 7) is 0. The van der Waals surface area contributed by atoms with Gasteiger partial charge in [0.2, 0.25) is 5.95 Å². The topological polar surface area (TPSA) is 56.2 Å². The molecule has 0 radical (unpaired) electrons. The van der Waals surface area contributed by atoms with Crippen LogP contribution in [-0.4, -0.2) is 15.9 Å². The van der Waals surface area contributed by atoms with E-state index in [9.17, 15) is 0 Å². The monoisotopic (exact) mass is 242 g/mol. The molecule has 5 heteroatoms. The van der Waals surface area contributed by atoms with Crippen molar-refractivity contribution in [3.63, 3.8) is 0 Å². The predicted molar refractivity (Wildman–Crippen MR) is 71.5 cm³/mol. The van der Waals surface area contributed by atoms with Gasteiger partial charge in [0.15, 0.2) is 0 Å². The van der Waals surface area contributed by atoms with Gasteiger partial charge in [-0.1, -0.05) is 18.2 Å². The number of hydrogen-bond acceptors (Lipinski definition) is 4. The average molecular weight is 242 g/mol. The zero-order valence-corrected chi connectivity index (χ0v) is 9.76. The molecule has 0 saturated heterocycles. The molecule has 0 unspecified atom stereocenters. The van der Waals surface area contributed by atoms with E-state index in [4.69, 9.17) is 5.73 Å². The van der Waals surface area contributed by atoms with Gasteiger partial charge in [-0.3, -0.25) is 0 Å². The summed E-state index contributed by atoms with van der Waals surface area (Å²) in [7, 11) is 0. The zero-order chi connectivity index (χ0) is 11.7. The highest BCUT2D eigenvalue weighted by Crippen LogP contribution is 2.17. The van der Waals surface area contributed by atoms with Crippen LogP contribution in [0, 0.1) is 0 Å². The zero-order valence-electron chi connectivity index (χ0n) is 8.95. The van der Waals surface area contributed by atoms with Crippen molar-refractivity contribution in [3.05, 3.63) is 46.7 Å². The van der Waals surface area contributed by atoms with E-state index in [0.29, 0.717) is 5.95 Å². The third kappa shape index (κ3) is 1.81. The van der Waals surface area contributed by atoms with Crippen LogP contribution in [0.4, 0.5) is 5.95 Å². The van der Waals surface area contributed by atoms with E-state index in [2.05, 4.69) is 10.1 Å². The fourth-order valence-electron chi connectivity index (χ4n) is 1.63. The molecule has 3 rings (SSSR count). The Hall–Kier alpha value is -2.14. The molecule has 1 aromatic carbocycles. The van der Waals surface area contributed by atoms with Gasteiger partial charge in [-0.15, -0.1) is 11.3 Å². The van der Waals surface area contributed by atoms with Crippen LogP contribution in [0.25, 0.3) is 11.0 Å². The minimum Gasteiger partial charge on any atom is -0.368 e. The molecule has 4 nitrogen and oxygen atoms in total. The Bertz CT molecular complexity index is 667. The smallest absolute Gasteiger partial charge is 0.222 e. The second-order valence-electron chi connectivity index (χ2n) is 3.53. The molecule has 0 spiro atoms. The Morgan fingerprint density at radius 3 is 2.94 bits per heavy atom. The van der Waals surface area contributed by atoms with E-state index < -0.39 is 0 Å². The molecule has 0 amide bonds. The van der Waals surface area contributed by atoms with Gasteiger partial charge >= 0.3 is 0 Å². The lowest BCUT2D eigenvalue weighted by Crippen LogP contribution is -1.97. The first-order valence-electron chi connectivity index (χ1n) is 5.15. The van der Waals surface area contributed by atoms with Crippen LogP contribution in [0.3, 0.4) is 0 Å². The SMILES string of the molecule is Nc1nc2ccccc2n1/N=C/c1cccs1. The first-order chi connectivity index (χ1) is 8.34. The maximum atomic E-state index is 5.83. The van der Waals surface area contributed by atoms with Crippen LogP contribution < -0.4 is 5.73 Å². The number of anilines is 1. The third-order valence-corrected chi connectivity index (χ3v) is 3.21. The molecule has 17 heavy (non-hydrogen) atoms. The van der Waals surface area contributed by atoms with Gasteiger partial charge < -0.3 is 5.73 Å². The summed E-state index contributed by atoms with van der Waals surface area (Å²) in [6, 6.07) is 11.7. The lowest BCUT2D eigenvalue weighted by Gasteiger charge is -1.96. The molecule has 0 aliphatic rings. The number of aromatic nitrogens is 2. The third-order valence-electron chi connectivity index (χ3n) is 2.41. The van der Waals surface area contributed by atoms with Crippen LogP contribution >= 0.6 is 11.3 Å². The van der Waals surface area contributed by atoms with E-state index in [1.807, 2.05) is 41.8 Å². The number of thiophene rings is 1. The van der Waals surface area contributed by atoms with Crippen molar-refractivity contribution in [3.8, 4) is 0 Å². The number of imidazole rings is 1. The highest BCUT2D eigenvalue weighted by molar-refractivity contribution is 7.11. The van der Waals surface area contributed by atoms with Crippen molar-refractivity contribution in [1.29, 1.82) is 0 Å². The summed E-state index contributed by atoms with van der Waals surface area (Å²) in [5, 5.41) is 6.36. The van der Waals surface area contributed by atoms with E-state index in [0.717, 1.165) is 15.9 Å². The summed E-state index contributed by atoms with van der Waals surface area (Å²) in [6.07, 6.45) is 1.79. The summed E-state index contributed by atoms with van der Waals surface area (Å²) in [5.41, 5.74) is 7.60. The van der Waals surface area contributed by atoms with Crippen molar-refractivity contribution >= 4 is 34.5 Å². The molecule has 2 heterocycles. The standard InChI is InChI=1S/C12H10N4S/c13-12-15-10-5-1-2-6-11(10)16(12)14-8-9-4-3-7-17-9/h1-8H,(H2,13,15)/b14-8+. The predicted octanol–water partition coefficient (Wildman–Crippen LogP) is 2.56. The van der Waals surface area contributed by atoms with Crippen LogP contribution in [0.2, 0.25) is 0 Å². The number of nitrogens with zero attached hydrogens (tertiary/aromatic N) is 3. The summed E-state index contributed by atoms with van der Waals surface area (Å²) < 4.78 is 1.65. The van der Waals surface area contributed by atoms with Crippen molar-refractivity contribution in [2.45, 2.75) is 0 Å². The second kappa shape index (κ2) is 4.03. The van der Waals surface area contributed by atoms with Crippen molar-refractivity contribution in [1.82, 2.24) is 9.66 Å². The Balaban J connectivity index is 2.08. The Kier molecular flexibility index (Phi) is 2.38. The van der Waals surface area contributed by atoms with Gasteiger partial charge in [0, 0.05) is 4.88 Å². The quantitative estimate of drug-likeness (QED) is 0.702. The number of para-hydroxylation sites is 2. The molecule has 0 fully saturated rings. The van der Waals surface area contributed by atoms with Gasteiger partial charge in [0.1, 0.15) is 0 Å². The number of nitrogens with two attached hydrogens (primary N) is 1. The fourth-order valence-corrected chi connectivity index (χ4v) is 2.21. The summed E-state index contributed by atoms with van der Waals surface area (Å²) in [5.74, 6) is 0.402. The highest BCUT2D eigenvalue weighted by Gasteiger charge is 2.05. The van der Waals surface area contributed by atoms with Crippen LogP contribution in [-0.2, 0) is 0 Å². The second-order valence-corrected chi connectivity index (χ2v) is 4.51. The van der Waals surface area contributed by atoms with Gasteiger partial charge in [0.05, 0.1) is 17.2 Å². The first-order valence-corrected chi connectivity index (χ1v) is 6.03. The number of nitrogen functional groups attached to an aromatic ring is 1. The maximum Gasteiger partial charge on any atom is 0.222 e. The van der Waals surface area contributed by atoms with E-state index >= 15 is 0 Å². The molecule has 2 aromatic heterocycles. The molecule has 0 atom stereocenters. The van der Waals surface area contributed by atoms with E-state index in [1.54, 1.807) is 22.2 Å². The molecule has 0 bridgehead atoms. The Morgan fingerprint density at radius 2 is 2.12 bits per heavy atom. The largest absolute Gasteiger partial charge is 0.368 e. The Morgan fingerprint density at radius 1 is 1.24 bits per heavy atom. The van der Waals surface area contributed by atoms with Crippen LogP contribution in [0.15, 0.2) is 46.9 Å². The molecule has 2 N–H and O–H groups in total. The van der Waals surface area contributed by atoms with Crippen molar-refractivity contribution in [2.75, 3.05) is 5.73 Å². The lowest BCUT2D eigenvalue weighted by molar-refractivity contribution is 0.932. The van der Waals surface area contributed by atoms with E-state index in [-0.39, 0.29) is 0 Å².